The van der Waals surface area contributed by atoms with E-state index in [0.29, 0.717) is 23.6 Å². The number of aromatic nitrogens is 3. The molecular formula is C33H45ClFN3O2. The average Bonchev–Trinajstić information content (AvgIpc) is 2.96. The largest absolute Gasteiger partial charge is 0.402 e. The molecule has 1 aliphatic carbocycles. The number of pyridine rings is 1. The number of allylic oxidation sites excluding steroid dienone is 4. The summed E-state index contributed by atoms with van der Waals surface area (Å²) in [5.74, 6) is -0.404. The molecule has 218 valence electrons. The van der Waals surface area contributed by atoms with Crippen LogP contribution in [0, 0.1) is 23.6 Å². The number of rotatable bonds is 13. The van der Waals surface area contributed by atoms with Crippen LogP contribution in [0.25, 0.3) is 5.57 Å². The van der Waals surface area contributed by atoms with Crippen LogP contribution in [0.4, 0.5) is 4.39 Å². The Hall–Kier alpha value is -2.60. The Labute approximate surface area is 244 Å². The zero-order valence-corrected chi connectivity index (χ0v) is 26.2. The maximum absolute atomic E-state index is 16.4. The lowest BCUT2D eigenvalue weighted by Gasteiger charge is -2.31. The van der Waals surface area contributed by atoms with Crippen molar-refractivity contribution in [2.24, 2.45) is 17.8 Å². The average molecular weight is 570 g/mol. The highest BCUT2D eigenvalue weighted by molar-refractivity contribution is 6.30. The number of hydrogen-bond donors (Lipinski definition) is 0. The van der Waals surface area contributed by atoms with Crippen molar-refractivity contribution in [3.63, 3.8) is 0 Å². The fraction of sp³-hybridized carbons (Fsp3) is 0.576. The summed E-state index contributed by atoms with van der Waals surface area (Å²) in [5, 5.41) is 0.304. The Morgan fingerprint density at radius 2 is 1.73 bits per heavy atom. The third-order valence-electron chi connectivity index (χ3n) is 8.54. The summed E-state index contributed by atoms with van der Waals surface area (Å²) < 4.78 is 22.2. The lowest BCUT2D eigenvalue weighted by atomic mass is 9.73. The van der Waals surface area contributed by atoms with Gasteiger partial charge in [-0.25, -0.2) is 14.4 Å². The summed E-state index contributed by atoms with van der Waals surface area (Å²) in [6.45, 7) is 16.7. The number of hydrogen-bond acceptors (Lipinski definition) is 5. The van der Waals surface area contributed by atoms with Crippen molar-refractivity contribution in [3.8, 4) is 11.9 Å². The minimum atomic E-state index is -0.545. The van der Waals surface area contributed by atoms with Crippen LogP contribution in [0.2, 0.25) is 5.15 Å². The van der Waals surface area contributed by atoms with Gasteiger partial charge in [-0.05, 0) is 80.4 Å². The molecule has 40 heavy (non-hydrogen) atoms. The van der Waals surface area contributed by atoms with E-state index in [1.807, 2.05) is 13.8 Å². The fourth-order valence-electron chi connectivity index (χ4n) is 5.22. The standard InChI is InChI=1S/C33H45ClFN3O2/c1-9-13-14-24-18-37-33(38-31(24)34)40-32-29(35)28-23(17-36-32)15-16-25(26(28)20(6)11-3)27(22(8)19(5)10-2)30(39)21(7)12-4/h17-21H,9-16H2,1-8H3/b27-22-. The van der Waals surface area contributed by atoms with Crippen molar-refractivity contribution in [2.75, 3.05) is 0 Å². The van der Waals surface area contributed by atoms with Crippen molar-refractivity contribution >= 4 is 23.0 Å². The van der Waals surface area contributed by atoms with E-state index >= 15 is 4.39 Å². The first-order valence-electron chi connectivity index (χ1n) is 14.9. The van der Waals surface area contributed by atoms with Crippen LogP contribution in [0.5, 0.6) is 11.9 Å². The molecule has 3 unspecified atom stereocenters. The molecule has 0 bridgehead atoms. The van der Waals surface area contributed by atoms with Crippen molar-refractivity contribution in [1.29, 1.82) is 0 Å². The first-order chi connectivity index (χ1) is 19.1. The fourth-order valence-corrected chi connectivity index (χ4v) is 5.43. The van der Waals surface area contributed by atoms with Gasteiger partial charge in [0.05, 0.1) is 0 Å². The number of unbranched alkanes of at least 4 members (excludes halogenated alkanes) is 1. The van der Waals surface area contributed by atoms with E-state index in [2.05, 4.69) is 56.5 Å². The number of aryl methyl sites for hydroxylation is 2. The van der Waals surface area contributed by atoms with Crippen molar-refractivity contribution in [3.05, 3.63) is 56.8 Å². The van der Waals surface area contributed by atoms with E-state index in [1.54, 1.807) is 12.4 Å². The molecule has 7 heteroatoms. The molecule has 0 radical (unpaired) electrons. The van der Waals surface area contributed by atoms with Gasteiger partial charge >= 0.3 is 6.01 Å². The van der Waals surface area contributed by atoms with Gasteiger partial charge < -0.3 is 4.74 Å². The van der Waals surface area contributed by atoms with Gasteiger partial charge in [0, 0.05) is 35.0 Å². The second kappa shape index (κ2) is 14.3. The Bertz CT molecular complexity index is 1290. The van der Waals surface area contributed by atoms with Gasteiger partial charge in [-0.3, -0.25) is 4.79 Å². The van der Waals surface area contributed by atoms with Crippen LogP contribution >= 0.6 is 11.6 Å². The first-order valence-corrected chi connectivity index (χ1v) is 15.3. The summed E-state index contributed by atoms with van der Waals surface area (Å²) in [4.78, 5) is 26.7. The molecule has 1 aliphatic rings. The van der Waals surface area contributed by atoms with Crippen LogP contribution in [-0.4, -0.2) is 20.7 Å². The van der Waals surface area contributed by atoms with Gasteiger partial charge in [-0.2, -0.15) is 4.98 Å². The lowest BCUT2D eigenvalue weighted by molar-refractivity contribution is -0.118. The number of halogens is 2. The summed E-state index contributed by atoms with van der Waals surface area (Å²) in [5.41, 5.74) is 5.90. The Morgan fingerprint density at radius 1 is 1.02 bits per heavy atom. The van der Waals surface area contributed by atoms with E-state index < -0.39 is 5.82 Å². The lowest BCUT2D eigenvalue weighted by Crippen LogP contribution is -2.22. The zero-order valence-electron chi connectivity index (χ0n) is 25.5. The molecule has 0 aliphatic heterocycles. The van der Waals surface area contributed by atoms with E-state index in [4.69, 9.17) is 16.3 Å². The Balaban J connectivity index is 2.19. The maximum Gasteiger partial charge on any atom is 0.324 e. The molecule has 2 aromatic rings. The van der Waals surface area contributed by atoms with E-state index in [0.717, 1.165) is 71.9 Å². The molecule has 0 aromatic carbocycles. The smallest absolute Gasteiger partial charge is 0.324 e. The number of carbonyl (C=O) groups is 1. The topological polar surface area (TPSA) is 65.0 Å². The predicted octanol–water partition coefficient (Wildman–Crippen LogP) is 9.52. The van der Waals surface area contributed by atoms with Gasteiger partial charge in [0.15, 0.2) is 11.6 Å². The molecule has 0 spiro atoms. The number of carbonyl (C=O) groups excluding carboxylic acids is 1. The molecule has 0 N–H and O–H groups in total. The molecule has 0 saturated carbocycles. The first kappa shape index (κ1) is 31.9. The third kappa shape index (κ3) is 6.82. The SMILES string of the molecule is CCCCc1cnc(Oc2ncc3c(c2F)C(C(C)CC)=C(/C(C(=O)C(C)CC)=C(\C)C(C)CC)CC3)nc1Cl. The molecule has 2 heterocycles. The van der Waals surface area contributed by atoms with Crippen molar-refractivity contribution in [1.82, 2.24) is 15.0 Å². The van der Waals surface area contributed by atoms with Crippen LogP contribution in [0.3, 0.4) is 0 Å². The highest BCUT2D eigenvalue weighted by atomic mass is 35.5. The highest BCUT2D eigenvalue weighted by Gasteiger charge is 2.33. The molecule has 0 amide bonds. The van der Waals surface area contributed by atoms with Crippen LogP contribution in [0.15, 0.2) is 29.1 Å². The molecule has 3 atom stereocenters. The summed E-state index contributed by atoms with van der Waals surface area (Å²) in [7, 11) is 0. The van der Waals surface area contributed by atoms with E-state index in [-0.39, 0.29) is 35.4 Å². The van der Waals surface area contributed by atoms with E-state index in [1.165, 1.54) is 0 Å². The molecule has 3 rings (SSSR count). The second-order valence-electron chi connectivity index (χ2n) is 11.2. The van der Waals surface area contributed by atoms with Gasteiger partial charge in [0.1, 0.15) is 5.15 Å². The normalized spacial score (nSPS) is 16.2. The Morgan fingerprint density at radius 3 is 2.33 bits per heavy atom. The van der Waals surface area contributed by atoms with Gasteiger partial charge in [-0.1, -0.05) is 72.1 Å². The number of fused-ring (bicyclic) bond motifs is 1. The van der Waals surface area contributed by atoms with Crippen molar-refractivity contribution in [2.45, 2.75) is 107 Å². The minimum absolute atomic E-state index is 0.0341. The number of Topliss-reactive ketones (excluding diaryl/α,β-unsaturated/α-hetero) is 1. The molecular weight excluding hydrogens is 525 g/mol. The number of nitrogens with zero attached hydrogens (tertiary/aromatic N) is 3. The van der Waals surface area contributed by atoms with Gasteiger partial charge in [0.2, 0.25) is 0 Å². The molecule has 0 fully saturated rings. The van der Waals surface area contributed by atoms with Crippen LogP contribution in [-0.2, 0) is 17.6 Å². The van der Waals surface area contributed by atoms with Crippen LogP contribution < -0.4 is 4.74 Å². The summed E-state index contributed by atoms with van der Waals surface area (Å²) >= 11 is 6.37. The monoisotopic (exact) mass is 569 g/mol. The molecule has 0 saturated heterocycles. The predicted molar refractivity (Wildman–Crippen MR) is 161 cm³/mol. The molecule has 2 aromatic heterocycles. The third-order valence-corrected chi connectivity index (χ3v) is 8.87. The number of ketones is 1. The summed E-state index contributed by atoms with van der Waals surface area (Å²) in [6, 6.07) is -0.0400. The van der Waals surface area contributed by atoms with Crippen LogP contribution in [0.1, 0.15) is 111 Å². The quantitative estimate of drug-likeness (QED) is 0.177. The second-order valence-corrected chi connectivity index (χ2v) is 11.6. The number of ether oxygens (including phenoxy) is 1. The Kier molecular flexibility index (Phi) is 11.4. The van der Waals surface area contributed by atoms with Crippen molar-refractivity contribution < 1.29 is 13.9 Å². The highest BCUT2D eigenvalue weighted by Crippen LogP contribution is 2.45. The van der Waals surface area contributed by atoms with E-state index in [9.17, 15) is 4.79 Å². The van der Waals surface area contributed by atoms with Gasteiger partial charge in [0.25, 0.3) is 5.88 Å². The van der Waals surface area contributed by atoms with Gasteiger partial charge in [-0.15, -0.1) is 0 Å². The maximum atomic E-state index is 16.4. The minimum Gasteiger partial charge on any atom is -0.402 e. The summed E-state index contributed by atoms with van der Waals surface area (Å²) in [6.07, 6.45) is 9.88. The molecule has 5 nitrogen and oxygen atoms in total. The zero-order chi connectivity index (χ0) is 29.6.